The lowest BCUT2D eigenvalue weighted by molar-refractivity contribution is 0.413. The van der Waals surface area contributed by atoms with E-state index in [1.165, 1.54) is 27.8 Å². The van der Waals surface area contributed by atoms with Crippen molar-refractivity contribution in [3.05, 3.63) is 94.5 Å². The molecule has 2 unspecified atom stereocenters. The number of benzene rings is 3. The number of aryl methyl sites for hydroxylation is 1. The van der Waals surface area contributed by atoms with Crippen molar-refractivity contribution in [2.75, 3.05) is 14.2 Å². The maximum atomic E-state index is 5.56. The van der Waals surface area contributed by atoms with E-state index in [0.29, 0.717) is 11.8 Å². The number of ether oxygens (including phenoxy) is 2. The zero-order valence-electron chi connectivity index (χ0n) is 15.5. The van der Waals surface area contributed by atoms with E-state index in [4.69, 9.17) is 9.47 Å². The topological polar surface area (TPSA) is 18.5 Å². The van der Waals surface area contributed by atoms with Gasteiger partial charge in [0.15, 0.2) is 0 Å². The van der Waals surface area contributed by atoms with Crippen LogP contribution < -0.4 is 9.47 Å². The second-order valence-corrected chi connectivity index (χ2v) is 6.98. The Labute approximate surface area is 155 Å². The molecule has 0 amide bonds. The largest absolute Gasteiger partial charge is 0.497 e. The third-order valence-corrected chi connectivity index (χ3v) is 5.58. The summed E-state index contributed by atoms with van der Waals surface area (Å²) in [5.74, 6) is 2.61. The first-order valence-corrected chi connectivity index (χ1v) is 9.07. The summed E-state index contributed by atoms with van der Waals surface area (Å²) in [7, 11) is 3.46. The summed E-state index contributed by atoms with van der Waals surface area (Å²) in [5.41, 5.74) is 6.89. The van der Waals surface area contributed by atoms with Crippen LogP contribution in [0.3, 0.4) is 0 Å². The average Bonchev–Trinajstić information content (AvgIpc) is 3.08. The molecule has 0 saturated heterocycles. The zero-order chi connectivity index (χ0) is 18.1. The van der Waals surface area contributed by atoms with E-state index in [1.54, 1.807) is 14.2 Å². The van der Waals surface area contributed by atoms with Gasteiger partial charge >= 0.3 is 0 Å². The molecule has 0 N–H and O–H groups in total. The van der Waals surface area contributed by atoms with Crippen LogP contribution in [0.1, 0.15) is 39.7 Å². The molecule has 3 aromatic carbocycles. The van der Waals surface area contributed by atoms with Crippen LogP contribution in [-0.4, -0.2) is 14.2 Å². The third kappa shape index (κ3) is 2.86. The van der Waals surface area contributed by atoms with Crippen molar-refractivity contribution in [1.29, 1.82) is 0 Å². The average molecular weight is 344 g/mol. The number of fused-ring (bicyclic) bond motifs is 1. The van der Waals surface area contributed by atoms with Gasteiger partial charge in [-0.05, 0) is 71.3 Å². The first-order chi connectivity index (χ1) is 12.7. The molecule has 1 aliphatic rings. The van der Waals surface area contributed by atoms with E-state index >= 15 is 0 Å². The van der Waals surface area contributed by atoms with Crippen LogP contribution in [0.15, 0.2) is 66.7 Å². The van der Waals surface area contributed by atoms with Gasteiger partial charge < -0.3 is 9.47 Å². The summed E-state index contributed by atoms with van der Waals surface area (Å²) >= 11 is 0. The van der Waals surface area contributed by atoms with E-state index in [2.05, 4.69) is 73.7 Å². The van der Waals surface area contributed by atoms with Gasteiger partial charge in [-0.1, -0.05) is 42.5 Å². The molecule has 2 heteroatoms. The Hall–Kier alpha value is -2.74. The van der Waals surface area contributed by atoms with E-state index in [0.717, 1.165) is 17.9 Å². The normalized spacial score (nSPS) is 18.4. The molecule has 1 aliphatic carbocycles. The van der Waals surface area contributed by atoms with Gasteiger partial charge in [-0.2, -0.15) is 0 Å². The molecule has 0 bridgehead atoms. The highest BCUT2D eigenvalue weighted by Crippen LogP contribution is 2.49. The minimum atomic E-state index is 0.341. The minimum absolute atomic E-state index is 0.341. The lowest BCUT2D eigenvalue weighted by Gasteiger charge is -2.22. The fraction of sp³-hybridized carbons (Fsp3) is 0.250. The van der Waals surface area contributed by atoms with Gasteiger partial charge in [0.25, 0.3) is 0 Å². The van der Waals surface area contributed by atoms with Gasteiger partial charge in [0.05, 0.1) is 14.2 Å². The monoisotopic (exact) mass is 344 g/mol. The summed E-state index contributed by atoms with van der Waals surface area (Å²) in [6.07, 6.45) is 1.05. The number of hydrogen-bond donors (Lipinski definition) is 0. The van der Waals surface area contributed by atoms with Crippen molar-refractivity contribution in [1.82, 2.24) is 0 Å². The molecule has 0 fully saturated rings. The lowest BCUT2D eigenvalue weighted by Crippen LogP contribution is -2.08. The Morgan fingerprint density at radius 1 is 0.769 bits per heavy atom. The standard InChI is InChI=1S/C24H24O2/c1-16-13-20(26-3)14-23-21(16)15-22(17-9-11-19(25-2)12-10-17)24(23)18-7-5-4-6-8-18/h4-14,22,24H,15H2,1-3H3. The highest BCUT2D eigenvalue weighted by atomic mass is 16.5. The number of rotatable bonds is 4. The molecular formula is C24H24O2. The van der Waals surface area contributed by atoms with Crippen LogP contribution in [0.2, 0.25) is 0 Å². The van der Waals surface area contributed by atoms with Gasteiger partial charge in [-0.3, -0.25) is 0 Å². The van der Waals surface area contributed by atoms with Crippen LogP contribution >= 0.6 is 0 Å². The Morgan fingerprint density at radius 3 is 2.12 bits per heavy atom. The highest BCUT2D eigenvalue weighted by Gasteiger charge is 2.35. The van der Waals surface area contributed by atoms with Crippen LogP contribution in [0, 0.1) is 6.92 Å². The van der Waals surface area contributed by atoms with Crippen LogP contribution in [0.4, 0.5) is 0 Å². The molecule has 2 atom stereocenters. The van der Waals surface area contributed by atoms with Crippen LogP contribution in [-0.2, 0) is 6.42 Å². The first kappa shape index (κ1) is 16.7. The van der Waals surface area contributed by atoms with E-state index < -0.39 is 0 Å². The molecule has 132 valence electrons. The first-order valence-electron chi connectivity index (χ1n) is 9.07. The third-order valence-electron chi connectivity index (χ3n) is 5.58. The summed E-state index contributed by atoms with van der Waals surface area (Å²) in [5, 5.41) is 0. The Balaban J connectivity index is 1.84. The number of hydrogen-bond acceptors (Lipinski definition) is 2. The molecule has 0 aliphatic heterocycles. The molecule has 0 radical (unpaired) electrons. The minimum Gasteiger partial charge on any atom is -0.497 e. The van der Waals surface area contributed by atoms with Gasteiger partial charge in [0.1, 0.15) is 11.5 Å². The summed E-state index contributed by atoms with van der Waals surface area (Å²) in [6.45, 7) is 2.19. The van der Waals surface area contributed by atoms with Gasteiger partial charge in [0.2, 0.25) is 0 Å². The highest BCUT2D eigenvalue weighted by molar-refractivity contribution is 5.54. The van der Waals surface area contributed by atoms with E-state index in [9.17, 15) is 0 Å². The van der Waals surface area contributed by atoms with Gasteiger partial charge in [-0.25, -0.2) is 0 Å². The van der Waals surface area contributed by atoms with Gasteiger partial charge in [-0.15, -0.1) is 0 Å². The summed E-state index contributed by atoms with van der Waals surface area (Å²) in [4.78, 5) is 0. The number of methoxy groups -OCH3 is 2. The van der Waals surface area contributed by atoms with Gasteiger partial charge in [0, 0.05) is 5.92 Å². The SMILES string of the molecule is COc1ccc(C2Cc3c(C)cc(OC)cc3C2c2ccccc2)cc1. The molecule has 0 spiro atoms. The summed E-state index contributed by atoms with van der Waals surface area (Å²) in [6, 6.07) is 23.7. The fourth-order valence-electron chi connectivity index (χ4n) is 4.27. The fourth-order valence-corrected chi connectivity index (χ4v) is 4.27. The second kappa shape index (κ2) is 6.87. The zero-order valence-corrected chi connectivity index (χ0v) is 15.5. The Kier molecular flexibility index (Phi) is 4.42. The van der Waals surface area contributed by atoms with Crippen molar-refractivity contribution in [3.8, 4) is 11.5 Å². The predicted octanol–water partition coefficient (Wildman–Crippen LogP) is 5.48. The van der Waals surface area contributed by atoms with E-state index in [-0.39, 0.29) is 0 Å². The Bertz CT molecular complexity index is 897. The molecular weight excluding hydrogens is 320 g/mol. The maximum absolute atomic E-state index is 5.56. The molecule has 3 aromatic rings. The molecule has 4 rings (SSSR count). The van der Waals surface area contributed by atoms with Crippen molar-refractivity contribution in [2.24, 2.45) is 0 Å². The van der Waals surface area contributed by atoms with E-state index in [1.807, 2.05) is 0 Å². The maximum Gasteiger partial charge on any atom is 0.119 e. The van der Waals surface area contributed by atoms with Crippen molar-refractivity contribution in [3.63, 3.8) is 0 Å². The van der Waals surface area contributed by atoms with Crippen LogP contribution in [0.5, 0.6) is 11.5 Å². The molecule has 0 saturated carbocycles. The molecule has 0 heterocycles. The van der Waals surface area contributed by atoms with Crippen molar-refractivity contribution >= 4 is 0 Å². The lowest BCUT2D eigenvalue weighted by atomic mass is 9.82. The van der Waals surface area contributed by atoms with Crippen molar-refractivity contribution in [2.45, 2.75) is 25.2 Å². The molecule has 2 nitrogen and oxygen atoms in total. The van der Waals surface area contributed by atoms with Crippen LogP contribution in [0.25, 0.3) is 0 Å². The Morgan fingerprint density at radius 2 is 1.46 bits per heavy atom. The quantitative estimate of drug-likeness (QED) is 0.623. The second-order valence-electron chi connectivity index (χ2n) is 6.98. The smallest absolute Gasteiger partial charge is 0.119 e. The molecule has 0 aromatic heterocycles. The summed E-state index contributed by atoms with van der Waals surface area (Å²) < 4.78 is 10.9. The molecule has 26 heavy (non-hydrogen) atoms. The predicted molar refractivity (Wildman–Crippen MR) is 105 cm³/mol. The van der Waals surface area contributed by atoms with Crippen molar-refractivity contribution < 1.29 is 9.47 Å².